The first-order valence-electron chi connectivity index (χ1n) is 7.09. The maximum Gasteiger partial charge on any atom is 0.308 e. The van der Waals surface area contributed by atoms with E-state index in [-0.39, 0.29) is 11.4 Å². The van der Waals surface area contributed by atoms with Gasteiger partial charge in [-0.1, -0.05) is 30.3 Å². The zero-order valence-electron chi connectivity index (χ0n) is 12.2. The van der Waals surface area contributed by atoms with E-state index in [1.165, 1.54) is 13.0 Å². The third kappa shape index (κ3) is 1.90. The van der Waals surface area contributed by atoms with Gasteiger partial charge in [-0.25, -0.2) is 0 Å². The predicted molar refractivity (Wildman–Crippen MR) is 88.1 cm³/mol. The highest BCUT2D eigenvalue weighted by atomic mass is 16.6. The molecule has 0 bridgehead atoms. The summed E-state index contributed by atoms with van der Waals surface area (Å²) in [4.78, 5) is 22.4. The zero-order valence-corrected chi connectivity index (χ0v) is 12.2. The average Bonchev–Trinajstić information content (AvgIpc) is 2.52. The van der Waals surface area contributed by atoms with E-state index in [1.54, 1.807) is 12.1 Å². The zero-order chi connectivity index (χ0) is 16.1. The molecule has 112 valence electrons. The number of hydrogen-bond acceptors (Lipinski definition) is 4. The van der Waals surface area contributed by atoms with Crippen LogP contribution in [0.15, 0.2) is 48.5 Å². The Kier molecular flexibility index (Phi) is 2.72. The predicted octanol–water partition coefficient (Wildman–Crippen LogP) is 4.42. The molecule has 0 N–H and O–H groups in total. The summed E-state index contributed by atoms with van der Waals surface area (Å²) in [6, 6.07) is 14.6. The summed E-state index contributed by atoms with van der Waals surface area (Å²) in [7, 11) is 0. The molecule has 4 aromatic carbocycles. The second-order valence-corrected chi connectivity index (χ2v) is 5.43. The fourth-order valence-corrected chi connectivity index (χ4v) is 3.18. The van der Waals surface area contributed by atoms with Crippen LogP contribution < -0.4 is 4.74 Å². The number of esters is 1. The average molecular weight is 305 g/mol. The van der Waals surface area contributed by atoms with Crippen LogP contribution in [-0.4, -0.2) is 10.9 Å². The molecule has 0 spiro atoms. The van der Waals surface area contributed by atoms with Gasteiger partial charge in [0.2, 0.25) is 0 Å². The molecule has 0 aromatic heterocycles. The summed E-state index contributed by atoms with van der Waals surface area (Å²) >= 11 is 0. The van der Waals surface area contributed by atoms with Crippen molar-refractivity contribution in [1.29, 1.82) is 0 Å². The van der Waals surface area contributed by atoms with Crippen molar-refractivity contribution in [2.75, 3.05) is 0 Å². The lowest BCUT2D eigenvalue weighted by Crippen LogP contribution is -2.03. The van der Waals surface area contributed by atoms with Crippen LogP contribution in [0.1, 0.15) is 6.92 Å². The fourth-order valence-electron chi connectivity index (χ4n) is 3.18. The molecule has 0 radical (unpaired) electrons. The van der Waals surface area contributed by atoms with E-state index in [2.05, 4.69) is 0 Å². The van der Waals surface area contributed by atoms with Gasteiger partial charge in [0.15, 0.2) is 0 Å². The van der Waals surface area contributed by atoms with Crippen LogP contribution in [0, 0.1) is 10.1 Å². The van der Waals surface area contributed by atoms with Crippen molar-refractivity contribution in [2.24, 2.45) is 0 Å². The lowest BCUT2D eigenvalue weighted by molar-refractivity contribution is -0.383. The summed E-state index contributed by atoms with van der Waals surface area (Å²) < 4.78 is 5.28. The molecule has 0 amide bonds. The third-order valence-electron chi connectivity index (χ3n) is 4.02. The number of ether oxygens (including phenoxy) is 1. The van der Waals surface area contributed by atoms with Crippen molar-refractivity contribution in [1.82, 2.24) is 0 Å². The molecule has 5 heteroatoms. The van der Waals surface area contributed by atoms with Crippen LogP contribution in [0.2, 0.25) is 0 Å². The number of nitrogens with zero attached hydrogens (tertiary/aromatic N) is 1. The molecule has 0 saturated heterocycles. The van der Waals surface area contributed by atoms with E-state index in [1.807, 2.05) is 30.3 Å². The first kappa shape index (κ1) is 13.5. The van der Waals surface area contributed by atoms with Crippen molar-refractivity contribution in [3.8, 4) is 5.75 Å². The standard InChI is InChI=1S/C18H11NO4/c1-10(20)23-15-9-13-4-2-3-11-5-6-12-7-8-14(19(21)22)18(15)17(12)16(11)13/h2-9H,1H3. The number of rotatable bonds is 2. The maximum atomic E-state index is 11.5. The molecule has 5 nitrogen and oxygen atoms in total. The molecule has 4 aromatic rings. The second-order valence-electron chi connectivity index (χ2n) is 5.43. The van der Waals surface area contributed by atoms with E-state index in [9.17, 15) is 14.9 Å². The van der Waals surface area contributed by atoms with Gasteiger partial charge in [0.1, 0.15) is 11.1 Å². The minimum absolute atomic E-state index is 0.0630. The van der Waals surface area contributed by atoms with E-state index >= 15 is 0 Å². The Morgan fingerprint density at radius 1 is 0.957 bits per heavy atom. The molecule has 0 atom stereocenters. The van der Waals surface area contributed by atoms with Gasteiger partial charge in [-0.05, 0) is 33.7 Å². The van der Waals surface area contributed by atoms with Crippen molar-refractivity contribution >= 4 is 44.0 Å². The molecule has 0 heterocycles. The summed E-state index contributed by atoms with van der Waals surface area (Å²) in [5, 5.41) is 16.3. The Hall–Kier alpha value is -3.21. The van der Waals surface area contributed by atoms with Crippen LogP contribution in [0.4, 0.5) is 5.69 Å². The van der Waals surface area contributed by atoms with Gasteiger partial charge >= 0.3 is 5.97 Å². The number of hydrogen-bond donors (Lipinski definition) is 0. The van der Waals surface area contributed by atoms with Crippen LogP contribution >= 0.6 is 0 Å². The highest BCUT2D eigenvalue weighted by Gasteiger charge is 2.22. The van der Waals surface area contributed by atoms with E-state index in [0.29, 0.717) is 5.39 Å². The highest BCUT2D eigenvalue weighted by molar-refractivity contribution is 6.26. The largest absolute Gasteiger partial charge is 0.426 e. The van der Waals surface area contributed by atoms with Gasteiger partial charge in [0, 0.05) is 18.4 Å². The molecule has 23 heavy (non-hydrogen) atoms. The smallest absolute Gasteiger partial charge is 0.308 e. The first-order valence-corrected chi connectivity index (χ1v) is 7.09. The molecule has 0 aliphatic heterocycles. The van der Waals surface area contributed by atoms with Crippen molar-refractivity contribution in [3.05, 3.63) is 58.6 Å². The van der Waals surface area contributed by atoms with Crippen molar-refractivity contribution in [3.63, 3.8) is 0 Å². The molecule has 0 aliphatic carbocycles. The first-order chi connectivity index (χ1) is 11.1. The second kappa shape index (κ2) is 4.64. The molecule has 4 rings (SSSR count). The monoisotopic (exact) mass is 305 g/mol. The van der Waals surface area contributed by atoms with E-state index < -0.39 is 10.9 Å². The van der Waals surface area contributed by atoms with Crippen molar-refractivity contribution in [2.45, 2.75) is 6.92 Å². The molecule has 0 aliphatic rings. The minimum Gasteiger partial charge on any atom is -0.426 e. The number of benzene rings is 4. The fraction of sp³-hybridized carbons (Fsp3) is 0.0556. The number of carbonyl (C=O) groups is 1. The maximum absolute atomic E-state index is 11.5. The lowest BCUT2D eigenvalue weighted by atomic mass is 9.93. The van der Waals surface area contributed by atoms with Gasteiger partial charge in [0.05, 0.1) is 4.92 Å². The Balaban J connectivity index is 2.31. The normalized spacial score (nSPS) is 11.3. The molecule has 0 fully saturated rings. The van der Waals surface area contributed by atoms with Gasteiger partial charge in [0.25, 0.3) is 5.69 Å². The Morgan fingerprint density at radius 2 is 1.61 bits per heavy atom. The van der Waals surface area contributed by atoms with Crippen LogP contribution in [-0.2, 0) is 4.79 Å². The molecule has 0 saturated carbocycles. The Morgan fingerprint density at radius 3 is 2.30 bits per heavy atom. The molecule has 0 unspecified atom stereocenters. The number of nitro groups is 1. The molecular weight excluding hydrogens is 294 g/mol. The molecular formula is C18H11NO4. The van der Waals surface area contributed by atoms with E-state index in [0.717, 1.165) is 26.9 Å². The SMILES string of the molecule is CC(=O)Oc1cc2cccc3ccc4ccc([N+](=O)[O-])c1c4c32. The van der Waals surface area contributed by atoms with E-state index in [4.69, 9.17) is 4.74 Å². The van der Waals surface area contributed by atoms with Gasteiger partial charge in [-0.2, -0.15) is 0 Å². The highest BCUT2D eigenvalue weighted by Crippen LogP contribution is 2.43. The van der Waals surface area contributed by atoms with Crippen molar-refractivity contribution < 1.29 is 14.5 Å². The summed E-state index contributed by atoms with van der Waals surface area (Å²) in [5.74, 6) is -0.282. The topological polar surface area (TPSA) is 69.4 Å². The van der Waals surface area contributed by atoms with Crippen LogP contribution in [0.3, 0.4) is 0 Å². The van der Waals surface area contributed by atoms with Gasteiger partial charge in [-0.3, -0.25) is 14.9 Å². The Labute approximate surface area is 130 Å². The minimum atomic E-state index is -0.505. The Bertz CT molecular complexity index is 1100. The van der Waals surface area contributed by atoms with Crippen LogP contribution in [0.5, 0.6) is 5.75 Å². The van der Waals surface area contributed by atoms with Crippen LogP contribution in [0.25, 0.3) is 32.3 Å². The lowest BCUT2D eigenvalue weighted by Gasteiger charge is -2.14. The third-order valence-corrected chi connectivity index (χ3v) is 4.02. The van der Waals surface area contributed by atoms with Gasteiger partial charge < -0.3 is 4.74 Å². The summed E-state index contributed by atoms with van der Waals surface area (Å²) in [5.41, 5.74) is -0.0630. The quantitative estimate of drug-likeness (QED) is 0.181. The van der Waals surface area contributed by atoms with Gasteiger partial charge in [-0.15, -0.1) is 0 Å². The number of carbonyl (C=O) groups excluding carboxylic acids is 1. The number of non-ortho nitro benzene ring substituents is 1. The summed E-state index contributed by atoms with van der Waals surface area (Å²) in [6.07, 6.45) is 0. The number of nitro benzene ring substituents is 1. The summed E-state index contributed by atoms with van der Waals surface area (Å²) in [6.45, 7) is 1.29.